The summed E-state index contributed by atoms with van der Waals surface area (Å²) in [5.41, 5.74) is 3.50. The number of morpholine rings is 1. The zero-order valence-corrected chi connectivity index (χ0v) is 18.1. The van der Waals surface area contributed by atoms with Crippen molar-refractivity contribution >= 4 is 5.91 Å². The molecule has 2 fully saturated rings. The molecular formula is C23H32N4O3. The van der Waals surface area contributed by atoms with Gasteiger partial charge in [0.05, 0.1) is 35.8 Å². The monoisotopic (exact) mass is 412 g/mol. The molecule has 162 valence electrons. The van der Waals surface area contributed by atoms with Crippen LogP contribution in [0.5, 0.6) is 0 Å². The van der Waals surface area contributed by atoms with Gasteiger partial charge >= 0.3 is 0 Å². The molecule has 0 bridgehead atoms. The van der Waals surface area contributed by atoms with Crippen molar-refractivity contribution in [3.63, 3.8) is 0 Å². The number of ether oxygens (including phenoxy) is 1. The van der Waals surface area contributed by atoms with Crippen LogP contribution < -0.4 is 0 Å². The quantitative estimate of drug-likeness (QED) is 0.724. The number of likely N-dealkylation sites (tertiary alicyclic amines) is 1. The summed E-state index contributed by atoms with van der Waals surface area (Å²) in [6, 6.07) is 5.95. The van der Waals surface area contributed by atoms with Crippen molar-refractivity contribution in [1.29, 1.82) is 0 Å². The van der Waals surface area contributed by atoms with Crippen LogP contribution in [0.3, 0.4) is 0 Å². The SMILES string of the molecule is CCc1onc(C)c1-c1cccc(C2CN(C(=O)CCN3CCCCC3)CCO2)n1. The predicted octanol–water partition coefficient (Wildman–Crippen LogP) is 3.38. The van der Waals surface area contributed by atoms with E-state index in [0.717, 1.165) is 54.5 Å². The standard InChI is InChI=1S/C23H32N4O3/c1-3-20-23(17(2)25-30-20)19-9-7-8-18(24-19)21-16-27(14-15-29-21)22(28)10-13-26-11-5-4-6-12-26/h7-9,21H,3-6,10-16H2,1-2H3. The van der Waals surface area contributed by atoms with Crippen molar-refractivity contribution in [1.82, 2.24) is 19.9 Å². The van der Waals surface area contributed by atoms with Crippen LogP contribution in [-0.4, -0.2) is 65.2 Å². The number of hydrogen-bond donors (Lipinski definition) is 0. The summed E-state index contributed by atoms with van der Waals surface area (Å²) in [6.45, 7) is 8.84. The van der Waals surface area contributed by atoms with Gasteiger partial charge in [0, 0.05) is 25.9 Å². The number of nitrogens with zero attached hydrogens (tertiary/aromatic N) is 4. The number of hydrogen-bond acceptors (Lipinski definition) is 6. The predicted molar refractivity (Wildman–Crippen MR) is 114 cm³/mol. The number of amides is 1. The number of pyridine rings is 1. The lowest BCUT2D eigenvalue weighted by atomic mass is 10.1. The molecule has 2 saturated heterocycles. The highest BCUT2D eigenvalue weighted by atomic mass is 16.5. The summed E-state index contributed by atoms with van der Waals surface area (Å²) in [7, 11) is 0. The van der Waals surface area contributed by atoms with Gasteiger partial charge in [-0.25, -0.2) is 4.98 Å². The van der Waals surface area contributed by atoms with Crippen molar-refractivity contribution in [3.8, 4) is 11.3 Å². The molecule has 2 aliphatic heterocycles. The molecule has 7 heteroatoms. The highest BCUT2D eigenvalue weighted by Gasteiger charge is 2.27. The molecule has 2 aromatic rings. The molecule has 0 N–H and O–H groups in total. The highest BCUT2D eigenvalue weighted by Crippen LogP contribution is 2.29. The molecule has 0 saturated carbocycles. The Hall–Kier alpha value is -2.25. The zero-order valence-electron chi connectivity index (χ0n) is 18.1. The van der Waals surface area contributed by atoms with Gasteiger partial charge < -0.3 is 19.1 Å². The highest BCUT2D eigenvalue weighted by molar-refractivity contribution is 5.76. The fourth-order valence-electron chi connectivity index (χ4n) is 4.41. The Kier molecular flexibility index (Phi) is 6.79. The smallest absolute Gasteiger partial charge is 0.224 e. The van der Waals surface area contributed by atoms with Gasteiger partial charge in [-0.2, -0.15) is 0 Å². The summed E-state index contributed by atoms with van der Waals surface area (Å²) in [5.74, 6) is 1.06. The van der Waals surface area contributed by atoms with Crippen LogP contribution in [0, 0.1) is 6.92 Å². The number of rotatable bonds is 6. The first-order valence-corrected chi connectivity index (χ1v) is 11.2. The van der Waals surface area contributed by atoms with E-state index in [4.69, 9.17) is 14.2 Å². The van der Waals surface area contributed by atoms with Crippen LogP contribution in [-0.2, 0) is 16.0 Å². The molecule has 4 heterocycles. The number of aryl methyl sites for hydroxylation is 2. The number of aromatic nitrogens is 2. The zero-order chi connectivity index (χ0) is 20.9. The first-order valence-electron chi connectivity index (χ1n) is 11.2. The Bertz CT molecular complexity index is 860. The molecule has 0 aromatic carbocycles. The summed E-state index contributed by atoms with van der Waals surface area (Å²) in [4.78, 5) is 22.0. The Morgan fingerprint density at radius 3 is 2.83 bits per heavy atom. The lowest BCUT2D eigenvalue weighted by Gasteiger charge is -2.34. The summed E-state index contributed by atoms with van der Waals surface area (Å²) in [5, 5.41) is 4.10. The lowest BCUT2D eigenvalue weighted by molar-refractivity contribution is -0.139. The molecule has 2 aromatic heterocycles. The molecule has 1 atom stereocenters. The molecule has 2 aliphatic rings. The van der Waals surface area contributed by atoms with E-state index in [2.05, 4.69) is 10.1 Å². The normalized spacial score (nSPS) is 20.5. The van der Waals surface area contributed by atoms with Crippen molar-refractivity contribution in [2.75, 3.05) is 39.3 Å². The van der Waals surface area contributed by atoms with E-state index in [9.17, 15) is 4.79 Å². The van der Waals surface area contributed by atoms with Crippen LogP contribution >= 0.6 is 0 Å². The van der Waals surface area contributed by atoms with E-state index < -0.39 is 0 Å². The van der Waals surface area contributed by atoms with Crippen LogP contribution in [0.1, 0.15) is 55.9 Å². The Morgan fingerprint density at radius 2 is 2.03 bits per heavy atom. The van der Waals surface area contributed by atoms with E-state index in [-0.39, 0.29) is 12.0 Å². The second-order valence-corrected chi connectivity index (χ2v) is 8.22. The van der Waals surface area contributed by atoms with Gasteiger partial charge in [-0.1, -0.05) is 24.6 Å². The van der Waals surface area contributed by atoms with Gasteiger partial charge in [-0.3, -0.25) is 4.79 Å². The number of piperidine rings is 1. The first kappa shape index (κ1) is 21.0. The lowest BCUT2D eigenvalue weighted by Crippen LogP contribution is -2.43. The van der Waals surface area contributed by atoms with Crippen molar-refractivity contribution in [2.24, 2.45) is 0 Å². The third-order valence-electron chi connectivity index (χ3n) is 6.12. The maximum absolute atomic E-state index is 12.8. The van der Waals surface area contributed by atoms with E-state index in [1.807, 2.05) is 36.9 Å². The minimum atomic E-state index is -0.206. The molecule has 4 rings (SSSR count). The van der Waals surface area contributed by atoms with E-state index in [1.165, 1.54) is 19.3 Å². The third kappa shape index (κ3) is 4.73. The molecule has 1 unspecified atom stereocenters. The summed E-state index contributed by atoms with van der Waals surface area (Å²) >= 11 is 0. The Balaban J connectivity index is 1.42. The largest absolute Gasteiger partial charge is 0.368 e. The molecular weight excluding hydrogens is 380 g/mol. The fraction of sp³-hybridized carbons (Fsp3) is 0.609. The van der Waals surface area contributed by atoms with Gasteiger partial charge in [0.2, 0.25) is 5.91 Å². The minimum absolute atomic E-state index is 0.206. The maximum Gasteiger partial charge on any atom is 0.224 e. The van der Waals surface area contributed by atoms with Gasteiger partial charge in [0.15, 0.2) is 0 Å². The Morgan fingerprint density at radius 1 is 1.20 bits per heavy atom. The first-order chi connectivity index (χ1) is 14.7. The average Bonchev–Trinajstić information content (AvgIpc) is 3.19. The maximum atomic E-state index is 12.8. The van der Waals surface area contributed by atoms with Crippen molar-refractivity contribution in [3.05, 3.63) is 35.3 Å². The summed E-state index contributed by atoms with van der Waals surface area (Å²) in [6.07, 6.45) is 4.96. The molecule has 7 nitrogen and oxygen atoms in total. The van der Waals surface area contributed by atoms with E-state index >= 15 is 0 Å². The van der Waals surface area contributed by atoms with Gasteiger partial charge in [-0.05, 0) is 45.0 Å². The van der Waals surface area contributed by atoms with Crippen LogP contribution in [0.4, 0.5) is 0 Å². The van der Waals surface area contributed by atoms with Gasteiger partial charge in [0.25, 0.3) is 0 Å². The Labute approximate surface area is 178 Å². The van der Waals surface area contributed by atoms with Crippen molar-refractivity contribution in [2.45, 2.75) is 52.1 Å². The average molecular weight is 413 g/mol. The second-order valence-electron chi connectivity index (χ2n) is 8.22. The second kappa shape index (κ2) is 9.71. The van der Waals surface area contributed by atoms with Crippen LogP contribution in [0.25, 0.3) is 11.3 Å². The van der Waals surface area contributed by atoms with Gasteiger partial charge in [-0.15, -0.1) is 0 Å². The van der Waals surface area contributed by atoms with E-state index in [0.29, 0.717) is 26.1 Å². The molecule has 1 amide bonds. The van der Waals surface area contributed by atoms with Crippen molar-refractivity contribution < 1.29 is 14.1 Å². The fourth-order valence-corrected chi connectivity index (χ4v) is 4.41. The number of carbonyl (C=O) groups excluding carboxylic acids is 1. The topological polar surface area (TPSA) is 71.7 Å². The minimum Gasteiger partial charge on any atom is -0.368 e. The molecule has 0 spiro atoms. The molecule has 0 aliphatic carbocycles. The van der Waals surface area contributed by atoms with Crippen LogP contribution in [0.2, 0.25) is 0 Å². The van der Waals surface area contributed by atoms with E-state index in [1.54, 1.807) is 0 Å². The van der Waals surface area contributed by atoms with Gasteiger partial charge in [0.1, 0.15) is 11.9 Å². The molecule has 0 radical (unpaired) electrons. The third-order valence-corrected chi connectivity index (χ3v) is 6.12. The number of carbonyl (C=O) groups is 1. The summed E-state index contributed by atoms with van der Waals surface area (Å²) < 4.78 is 11.4. The molecule has 30 heavy (non-hydrogen) atoms. The van der Waals surface area contributed by atoms with Crippen LogP contribution in [0.15, 0.2) is 22.7 Å².